The van der Waals surface area contributed by atoms with E-state index in [1.165, 1.54) is 0 Å². The largest absolute Gasteiger partial charge is 0.492 e. The van der Waals surface area contributed by atoms with E-state index in [2.05, 4.69) is 33.8 Å². The molecule has 2 aromatic carbocycles. The molecular weight excluding hydrogens is 352 g/mol. The minimum absolute atomic E-state index is 0.0570. The first-order valence-electron chi connectivity index (χ1n) is 9.87. The highest BCUT2D eigenvalue weighted by atomic mass is 16.5. The molecule has 1 saturated heterocycles. The minimum atomic E-state index is -0.0725. The molecule has 0 saturated carbocycles. The first-order chi connectivity index (χ1) is 13.7. The molecule has 1 aromatic heterocycles. The topological polar surface area (TPSA) is 61.5 Å². The van der Waals surface area contributed by atoms with Crippen LogP contribution < -0.4 is 15.2 Å². The zero-order valence-corrected chi connectivity index (χ0v) is 16.4. The van der Waals surface area contributed by atoms with Gasteiger partial charge in [-0.3, -0.25) is 9.69 Å². The van der Waals surface area contributed by atoms with E-state index in [4.69, 9.17) is 9.72 Å². The van der Waals surface area contributed by atoms with Crippen LogP contribution in [0.25, 0.3) is 10.9 Å². The summed E-state index contributed by atoms with van der Waals surface area (Å²) in [5, 5.41) is 0.635. The molecule has 3 aromatic rings. The number of nitrogens with one attached hydrogen (secondary N) is 1. The van der Waals surface area contributed by atoms with Crippen molar-refractivity contribution >= 4 is 16.6 Å². The lowest BCUT2D eigenvalue weighted by molar-refractivity contribution is 0.191. The van der Waals surface area contributed by atoms with Crippen LogP contribution in [0.15, 0.2) is 53.3 Å². The Kier molecular flexibility index (Phi) is 5.30. The van der Waals surface area contributed by atoms with Crippen molar-refractivity contribution < 1.29 is 4.74 Å². The average Bonchev–Trinajstić information content (AvgIpc) is 2.74. The quantitative estimate of drug-likeness (QED) is 0.739. The molecule has 1 aliphatic heterocycles. The fraction of sp³-hybridized carbons (Fsp3) is 0.364. The predicted molar refractivity (Wildman–Crippen MR) is 112 cm³/mol. The molecule has 0 radical (unpaired) electrons. The van der Waals surface area contributed by atoms with Gasteiger partial charge in [0.1, 0.15) is 11.6 Å². The van der Waals surface area contributed by atoms with E-state index >= 15 is 0 Å². The van der Waals surface area contributed by atoms with Gasteiger partial charge in [0.25, 0.3) is 5.56 Å². The Morgan fingerprint density at radius 2 is 1.79 bits per heavy atom. The number of fused-ring (bicyclic) bond motifs is 1. The molecule has 1 N–H and O–H groups in total. The highest BCUT2D eigenvalue weighted by molar-refractivity contribution is 5.77. The smallest absolute Gasteiger partial charge is 0.258 e. The Morgan fingerprint density at radius 3 is 2.57 bits per heavy atom. The van der Waals surface area contributed by atoms with Crippen molar-refractivity contribution in [3.8, 4) is 5.75 Å². The summed E-state index contributed by atoms with van der Waals surface area (Å²) in [4.78, 5) is 24.8. The summed E-state index contributed by atoms with van der Waals surface area (Å²) in [5.74, 6) is 1.67. The maximum absolute atomic E-state index is 12.4. The number of ether oxygens (including phenoxy) is 1. The van der Waals surface area contributed by atoms with E-state index in [9.17, 15) is 4.79 Å². The van der Waals surface area contributed by atoms with Crippen LogP contribution in [0.4, 0.5) is 5.69 Å². The van der Waals surface area contributed by atoms with Gasteiger partial charge >= 0.3 is 0 Å². The molecule has 0 aliphatic carbocycles. The molecule has 0 bridgehead atoms. The van der Waals surface area contributed by atoms with Crippen molar-refractivity contribution in [2.45, 2.75) is 19.9 Å². The van der Waals surface area contributed by atoms with Crippen LogP contribution in [0.5, 0.6) is 5.75 Å². The number of anilines is 1. The standard InChI is InChI=1S/C22H26N4O2/c1-3-28-20-11-7-6-10-19(20)26-14-12-25(13-15-26)16(2)21-23-18-9-5-4-8-17(18)22(27)24-21/h4-11,16H,3,12-15H2,1-2H3,(H,23,24,27)/t16-/m0/s1. The minimum Gasteiger partial charge on any atom is -0.492 e. The van der Waals surface area contributed by atoms with Crippen molar-refractivity contribution in [3.63, 3.8) is 0 Å². The van der Waals surface area contributed by atoms with Gasteiger partial charge in [0.05, 0.1) is 29.2 Å². The van der Waals surface area contributed by atoms with E-state index in [1.807, 2.05) is 43.3 Å². The van der Waals surface area contributed by atoms with Gasteiger partial charge in [-0.05, 0) is 38.1 Å². The van der Waals surface area contributed by atoms with Crippen LogP contribution in [0.1, 0.15) is 25.7 Å². The lowest BCUT2D eigenvalue weighted by Crippen LogP contribution is -2.47. The third-order valence-corrected chi connectivity index (χ3v) is 5.39. The van der Waals surface area contributed by atoms with E-state index < -0.39 is 0 Å². The molecule has 1 aliphatic rings. The Bertz CT molecular complexity index is 1010. The molecule has 28 heavy (non-hydrogen) atoms. The second-order valence-electron chi connectivity index (χ2n) is 7.07. The fourth-order valence-electron chi connectivity index (χ4n) is 3.82. The number of hydrogen-bond acceptors (Lipinski definition) is 5. The first-order valence-corrected chi connectivity index (χ1v) is 9.87. The molecule has 4 rings (SSSR count). The van der Waals surface area contributed by atoms with E-state index in [1.54, 1.807) is 0 Å². The molecule has 0 amide bonds. The summed E-state index contributed by atoms with van der Waals surface area (Å²) in [6.07, 6.45) is 0. The summed E-state index contributed by atoms with van der Waals surface area (Å²) < 4.78 is 5.78. The molecule has 6 heteroatoms. The fourth-order valence-corrected chi connectivity index (χ4v) is 3.82. The third-order valence-electron chi connectivity index (χ3n) is 5.39. The number of aromatic amines is 1. The van der Waals surface area contributed by atoms with Gasteiger partial charge in [0.15, 0.2) is 0 Å². The summed E-state index contributed by atoms with van der Waals surface area (Å²) in [5.41, 5.74) is 1.82. The van der Waals surface area contributed by atoms with Gasteiger partial charge in [-0.2, -0.15) is 0 Å². The summed E-state index contributed by atoms with van der Waals surface area (Å²) in [6, 6.07) is 15.7. The van der Waals surface area contributed by atoms with E-state index in [-0.39, 0.29) is 11.6 Å². The number of nitrogens with zero attached hydrogens (tertiary/aromatic N) is 3. The summed E-state index contributed by atoms with van der Waals surface area (Å²) in [7, 11) is 0. The lowest BCUT2D eigenvalue weighted by Gasteiger charge is -2.39. The van der Waals surface area contributed by atoms with Crippen LogP contribution in [0.2, 0.25) is 0 Å². The maximum atomic E-state index is 12.4. The van der Waals surface area contributed by atoms with Crippen molar-refractivity contribution in [3.05, 3.63) is 64.7 Å². The normalized spacial score (nSPS) is 16.3. The van der Waals surface area contributed by atoms with Crippen LogP contribution in [0, 0.1) is 0 Å². The van der Waals surface area contributed by atoms with Gasteiger partial charge in [-0.15, -0.1) is 0 Å². The molecule has 1 fully saturated rings. The molecular formula is C22H26N4O2. The second-order valence-corrected chi connectivity index (χ2v) is 7.07. The van der Waals surface area contributed by atoms with Gasteiger partial charge in [0.2, 0.25) is 0 Å². The van der Waals surface area contributed by atoms with Crippen molar-refractivity contribution in [2.75, 3.05) is 37.7 Å². The predicted octanol–water partition coefficient (Wildman–Crippen LogP) is 3.21. The van der Waals surface area contributed by atoms with Crippen molar-refractivity contribution in [1.82, 2.24) is 14.9 Å². The number of aromatic nitrogens is 2. The number of piperazine rings is 1. The van der Waals surface area contributed by atoms with Gasteiger partial charge < -0.3 is 14.6 Å². The van der Waals surface area contributed by atoms with E-state index in [0.717, 1.165) is 49.0 Å². The molecule has 0 spiro atoms. The third kappa shape index (κ3) is 3.60. The summed E-state index contributed by atoms with van der Waals surface area (Å²) >= 11 is 0. The molecule has 6 nitrogen and oxygen atoms in total. The maximum Gasteiger partial charge on any atom is 0.258 e. The first kappa shape index (κ1) is 18.5. The van der Waals surface area contributed by atoms with Crippen molar-refractivity contribution in [2.24, 2.45) is 0 Å². The number of para-hydroxylation sites is 3. The number of H-pyrrole nitrogens is 1. The number of rotatable bonds is 5. The zero-order valence-electron chi connectivity index (χ0n) is 16.4. The Morgan fingerprint density at radius 1 is 1.07 bits per heavy atom. The van der Waals surface area contributed by atoms with E-state index in [0.29, 0.717) is 12.0 Å². The van der Waals surface area contributed by atoms with Crippen LogP contribution in [0.3, 0.4) is 0 Å². The molecule has 146 valence electrons. The Balaban J connectivity index is 1.49. The van der Waals surface area contributed by atoms with Gasteiger partial charge in [0, 0.05) is 26.2 Å². The number of hydrogen-bond donors (Lipinski definition) is 1. The molecule has 0 unspecified atom stereocenters. The average molecular weight is 378 g/mol. The monoisotopic (exact) mass is 378 g/mol. The Labute approximate surface area is 164 Å². The summed E-state index contributed by atoms with van der Waals surface area (Å²) in [6.45, 7) is 8.40. The molecule has 2 heterocycles. The highest BCUT2D eigenvalue weighted by Gasteiger charge is 2.25. The highest BCUT2D eigenvalue weighted by Crippen LogP contribution is 2.30. The SMILES string of the molecule is CCOc1ccccc1N1CCN([C@@H](C)c2nc3ccccc3c(=O)[nH]2)CC1. The van der Waals surface area contributed by atoms with Gasteiger partial charge in [-0.1, -0.05) is 24.3 Å². The van der Waals surface area contributed by atoms with Crippen LogP contribution in [-0.2, 0) is 0 Å². The zero-order chi connectivity index (χ0) is 19.5. The van der Waals surface area contributed by atoms with Crippen LogP contribution >= 0.6 is 0 Å². The van der Waals surface area contributed by atoms with Crippen molar-refractivity contribution in [1.29, 1.82) is 0 Å². The molecule has 1 atom stereocenters. The lowest BCUT2D eigenvalue weighted by atomic mass is 10.1. The number of benzene rings is 2. The second kappa shape index (κ2) is 8.02. The van der Waals surface area contributed by atoms with Gasteiger partial charge in [-0.25, -0.2) is 4.98 Å². The Hall–Kier alpha value is -2.86. The van der Waals surface area contributed by atoms with Crippen LogP contribution in [-0.4, -0.2) is 47.7 Å².